The molecule has 1 saturated heterocycles. The Balaban J connectivity index is 1.84. The number of rotatable bonds is 3. The minimum absolute atomic E-state index is 0.169. The number of sulfone groups is 1. The molecule has 6 heteroatoms. The molecular formula is C18H19N3O2S. The molecule has 5 nitrogen and oxygen atoms in total. The monoisotopic (exact) mass is 341 g/mol. The Morgan fingerprint density at radius 2 is 1.67 bits per heavy atom. The molecule has 2 heterocycles. The highest BCUT2D eigenvalue weighted by atomic mass is 32.2. The number of hydrogen-bond donors (Lipinski definition) is 1. The van der Waals surface area contributed by atoms with Crippen LogP contribution in [0.5, 0.6) is 0 Å². The van der Waals surface area contributed by atoms with Gasteiger partial charge in [0.05, 0.1) is 10.6 Å². The van der Waals surface area contributed by atoms with E-state index in [0.717, 1.165) is 37.1 Å². The van der Waals surface area contributed by atoms with Crippen molar-refractivity contribution in [3.63, 3.8) is 0 Å². The quantitative estimate of drug-likeness (QED) is 0.793. The predicted molar refractivity (Wildman–Crippen MR) is 94.1 cm³/mol. The molecule has 24 heavy (non-hydrogen) atoms. The zero-order valence-electron chi connectivity index (χ0n) is 13.3. The molecule has 0 radical (unpaired) electrons. The Hall–Kier alpha value is -2.34. The topological polar surface area (TPSA) is 66.1 Å². The van der Waals surface area contributed by atoms with E-state index >= 15 is 0 Å². The van der Waals surface area contributed by atoms with Crippen LogP contribution in [0.4, 0.5) is 5.69 Å². The van der Waals surface area contributed by atoms with E-state index in [0.29, 0.717) is 5.39 Å². The summed E-state index contributed by atoms with van der Waals surface area (Å²) in [6.07, 6.45) is 3.58. The van der Waals surface area contributed by atoms with Crippen molar-refractivity contribution < 1.29 is 8.42 Å². The third-order valence-corrected chi connectivity index (χ3v) is 6.29. The third kappa shape index (κ3) is 2.47. The van der Waals surface area contributed by atoms with Gasteiger partial charge in [-0.1, -0.05) is 24.3 Å². The number of nitrogens with one attached hydrogen (secondary N) is 1. The second-order valence-electron chi connectivity index (χ2n) is 6.09. The number of piperidine rings is 1. The number of benzene rings is 2. The van der Waals surface area contributed by atoms with Gasteiger partial charge in [0.15, 0.2) is 5.03 Å². The molecular weight excluding hydrogens is 322 g/mol. The van der Waals surface area contributed by atoms with E-state index in [1.165, 1.54) is 6.42 Å². The molecule has 4 rings (SSSR count). The van der Waals surface area contributed by atoms with E-state index in [1.807, 2.05) is 18.2 Å². The van der Waals surface area contributed by atoms with Crippen LogP contribution in [0.15, 0.2) is 58.5 Å². The number of aromatic nitrogens is 2. The molecule has 3 aromatic rings. The maximum atomic E-state index is 12.9. The minimum atomic E-state index is -3.61. The van der Waals surface area contributed by atoms with Crippen molar-refractivity contribution in [2.45, 2.75) is 29.2 Å². The first kappa shape index (κ1) is 15.2. The van der Waals surface area contributed by atoms with Gasteiger partial charge < -0.3 is 4.90 Å². The summed E-state index contributed by atoms with van der Waals surface area (Å²) in [7, 11) is -3.61. The summed E-state index contributed by atoms with van der Waals surface area (Å²) < 4.78 is 25.8. The SMILES string of the molecule is O=S(=O)(c1ccccc1)c1[nH]nc2c(N3CCCCC3)cccc12. The summed E-state index contributed by atoms with van der Waals surface area (Å²) in [6, 6.07) is 14.2. The fraction of sp³-hybridized carbons (Fsp3) is 0.278. The lowest BCUT2D eigenvalue weighted by Gasteiger charge is -2.28. The van der Waals surface area contributed by atoms with Crippen LogP contribution in [-0.4, -0.2) is 31.7 Å². The van der Waals surface area contributed by atoms with E-state index in [-0.39, 0.29) is 9.92 Å². The number of H-pyrrole nitrogens is 1. The van der Waals surface area contributed by atoms with Crippen LogP contribution in [-0.2, 0) is 9.84 Å². The molecule has 0 spiro atoms. The Morgan fingerprint density at radius 3 is 2.42 bits per heavy atom. The average Bonchev–Trinajstić information content (AvgIpc) is 3.08. The van der Waals surface area contributed by atoms with Gasteiger partial charge in [-0.3, -0.25) is 5.10 Å². The standard InChI is InChI=1S/C18H19N3O2S/c22-24(23,14-8-3-1-4-9-14)18-15-10-7-11-16(17(15)19-20-18)21-12-5-2-6-13-21/h1,3-4,7-11H,2,5-6,12-13H2,(H,19,20). The molecule has 2 aromatic carbocycles. The average molecular weight is 341 g/mol. The van der Waals surface area contributed by atoms with Gasteiger partial charge in [-0.05, 0) is 43.5 Å². The number of fused-ring (bicyclic) bond motifs is 1. The zero-order chi connectivity index (χ0) is 16.6. The van der Waals surface area contributed by atoms with Gasteiger partial charge in [-0.2, -0.15) is 5.10 Å². The van der Waals surface area contributed by atoms with Crippen LogP contribution < -0.4 is 4.90 Å². The number of aromatic amines is 1. The van der Waals surface area contributed by atoms with Crippen molar-refractivity contribution in [2.24, 2.45) is 0 Å². The maximum Gasteiger partial charge on any atom is 0.223 e. The molecule has 1 aliphatic heterocycles. The normalized spacial score (nSPS) is 15.8. The lowest BCUT2D eigenvalue weighted by molar-refractivity contribution is 0.579. The molecule has 0 atom stereocenters. The van der Waals surface area contributed by atoms with Crippen molar-refractivity contribution in [3.8, 4) is 0 Å². The molecule has 0 bridgehead atoms. The van der Waals surface area contributed by atoms with Gasteiger partial charge in [0.1, 0.15) is 5.52 Å². The molecule has 1 aromatic heterocycles. The highest BCUT2D eigenvalue weighted by Crippen LogP contribution is 2.32. The summed E-state index contributed by atoms with van der Waals surface area (Å²) in [5.74, 6) is 0. The Kier molecular flexibility index (Phi) is 3.76. The molecule has 1 fully saturated rings. The maximum absolute atomic E-state index is 12.9. The van der Waals surface area contributed by atoms with E-state index < -0.39 is 9.84 Å². The van der Waals surface area contributed by atoms with Gasteiger partial charge in [-0.25, -0.2) is 8.42 Å². The fourth-order valence-corrected chi connectivity index (χ4v) is 4.68. The van der Waals surface area contributed by atoms with E-state index in [9.17, 15) is 8.42 Å². The van der Waals surface area contributed by atoms with Gasteiger partial charge in [-0.15, -0.1) is 0 Å². The molecule has 124 valence electrons. The molecule has 1 N–H and O–H groups in total. The Labute approximate surface area is 141 Å². The van der Waals surface area contributed by atoms with Gasteiger partial charge >= 0.3 is 0 Å². The van der Waals surface area contributed by atoms with Crippen molar-refractivity contribution in [1.82, 2.24) is 10.2 Å². The van der Waals surface area contributed by atoms with Crippen LogP contribution in [0.1, 0.15) is 19.3 Å². The fourth-order valence-electron chi connectivity index (χ4n) is 3.31. The van der Waals surface area contributed by atoms with E-state index in [1.54, 1.807) is 30.3 Å². The van der Waals surface area contributed by atoms with Crippen LogP contribution >= 0.6 is 0 Å². The molecule has 0 amide bonds. The molecule has 1 aliphatic rings. The van der Waals surface area contributed by atoms with Crippen molar-refractivity contribution >= 4 is 26.4 Å². The van der Waals surface area contributed by atoms with Crippen LogP contribution in [0.25, 0.3) is 10.9 Å². The Bertz CT molecular complexity index is 958. The van der Waals surface area contributed by atoms with Gasteiger partial charge in [0.25, 0.3) is 0 Å². The highest BCUT2D eigenvalue weighted by molar-refractivity contribution is 7.91. The number of hydrogen-bond acceptors (Lipinski definition) is 4. The second kappa shape index (κ2) is 5.94. The summed E-state index contributed by atoms with van der Waals surface area (Å²) in [5, 5.41) is 7.93. The van der Waals surface area contributed by atoms with Gasteiger partial charge in [0.2, 0.25) is 9.84 Å². The first-order chi connectivity index (χ1) is 11.7. The minimum Gasteiger partial charge on any atom is -0.370 e. The first-order valence-electron chi connectivity index (χ1n) is 8.20. The zero-order valence-corrected chi connectivity index (χ0v) is 14.1. The number of nitrogens with zero attached hydrogens (tertiary/aromatic N) is 2. The number of para-hydroxylation sites is 1. The van der Waals surface area contributed by atoms with Crippen molar-refractivity contribution in [3.05, 3.63) is 48.5 Å². The van der Waals surface area contributed by atoms with Crippen LogP contribution in [0.2, 0.25) is 0 Å². The van der Waals surface area contributed by atoms with Crippen molar-refractivity contribution in [2.75, 3.05) is 18.0 Å². The van der Waals surface area contributed by atoms with Crippen molar-refractivity contribution in [1.29, 1.82) is 0 Å². The van der Waals surface area contributed by atoms with Crippen LogP contribution in [0.3, 0.4) is 0 Å². The lowest BCUT2D eigenvalue weighted by Crippen LogP contribution is -2.29. The van der Waals surface area contributed by atoms with Gasteiger partial charge in [0, 0.05) is 18.5 Å². The summed E-state index contributed by atoms with van der Waals surface area (Å²) in [5.41, 5.74) is 1.74. The van der Waals surface area contributed by atoms with Crippen LogP contribution in [0, 0.1) is 0 Å². The first-order valence-corrected chi connectivity index (χ1v) is 9.68. The largest absolute Gasteiger partial charge is 0.370 e. The molecule has 0 aliphatic carbocycles. The van der Waals surface area contributed by atoms with E-state index in [4.69, 9.17) is 0 Å². The smallest absolute Gasteiger partial charge is 0.223 e. The molecule has 0 saturated carbocycles. The number of anilines is 1. The lowest BCUT2D eigenvalue weighted by atomic mass is 10.1. The molecule has 0 unspecified atom stereocenters. The summed E-state index contributed by atoms with van der Waals surface area (Å²) >= 11 is 0. The van der Waals surface area contributed by atoms with E-state index in [2.05, 4.69) is 15.1 Å². The highest BCUT2D eigenvalue weighted by Gasteiger charge is 2.24. The summed E-state index contributed by atoms with van der Waals surface area (Å²) in [6.45, 7) is 1.99. The Morgan fingerprint density at radius 1 is 0.917 bits per heavy atom. The third-order valence-electron chi connectivity index (χ3n) is 4.55. The summed E-state index contributed by atoms with van der Waals surface area (Å²) in [4.78, 5) is 2.57. The predicted octanol–water partition coefficient (Wildman–Crippen LogP) is 3.39. The second-order valence-corrected chi connectivity index (χ2v) is 7.98.